The molecule has 2 rings (SSSR count). The van der Waals surface area contributed by atoms with E-state index in [0.29, 0.717) is 18.4 Å². The van der Waals surface area contributed by atoms with Crippen LogP contribution in [0.5, 0.6) is 0 Å². The summed E-state index contributed by atoms with van der Waals surface area (Å²) in [7, 11) is 0. The van der Waals surface area contributed by atoms with Crippen LogP contribution >= 0.6 is 11.3 Å². The Morgan fingerprint density at radius 3 is 2.72 bits per heavy atom. The molecule has 1 aromatic heterocycles. The van der Waals surface area contributed by atoms with E-state index in [1.54, 1.807) is 11.3 Å². The number of rotatable bonds is 3. The van der Waals surface area contributed by atoms with Crippen molar-refractivity contribution in [2.24, 2.45) is 11.8 Å². The number of carbonyl (C=O) groups is 1. The predicted octanol–water partition coefficient (Wildman–Crippen LogP) is 2.21. The van der Waals surface area contributed by atoms with Gasteiger partial charge in [-0.2, -0.15) is 0 Å². The number of nitrogens with zero attached hydrogens (tertiary/aromatic N) is 3. The van der Waals surface area contributed by atoms with Gasteiger partial charge in [-0.25, -0.2) is 0 Å². The first-order chi connectivity index (χ1) is 8.47. The highest BCUT2D eigenvalue weighted by Crippen LogP contribution is 2.30. The zero-order chi connectivity index (χ0) is 13.3. The van der Waals surface area contributed by atoms with E-state index in [0.717, 1.165) is 23.1 Å². The second kappa shape index (κ2) is 5.22. The molecule has 6 heteroatoms. The summed E-state index contributed by atoms with van der Waals surface area (Å²) >= 11 is 1.57. The summed E-state index contributed by atoms with van der Waals surface area (Å²) in [6.07, 6.45) is 0.752. The van der Waals surface area contributed by atoms with Crippen molar-refractivity contribution < 1.29 is 9.90 Å². The molecule has 1 saturated heterocycles. The zero-order valence-corrected chi connectivity index (χ0v) is 11.8. The second-order valence-electron chi connectivity index (χ2n) is 5.36. The minimum Gasteiger partial charge on any atom is -0.481 e. The number of piperidine rings is 1. The predicted molar refractivity (Wildman–Crippen MR) is 71.1 cm³/mol. The molecule has 1 N–H and O–H groups in total. The Hall–Kier alpha value is -1.17. The molecule has 0 spiro atoms. The Morgan fingerprint density at radius 1 is 1.44 bits per heavy atom. The first-order valence-electron chi connectivity index (χ1n) is 6.28. The maximum absolute atomic E-state index is 11.1. The van der Waals surface area contributed by atoms with E-state index in [1.165, 1.54) is 0 Å². The fourth-order valence-corrected chi connectivity index (χ4v) is 3.14. The third kappa shape index (κ3) is 2.80. The van der Waals surface area contributed by atoms with Crippen molar-refractivity contribution in [3.8, 4) is 0 Å². The topological polar surface area (TPSA) is 66.3 Å². The van der Waals surface area contributed by atoms with Crippen LogP contribution in [0.3, 0.4) is 0 Å². The average Bonchev–Trinajstić information content (AvgIpc) is 2.77. The number of hydrogen-bond acceptors (Lipinski definition) is 5. The molecule has 18 heavy (non-hydrogen) atoms. The smallest absolute Gasteiger partial charge is 0.308 e. The largest absolute Gasteiger partial charge is 0.481 e. The van der Waals surface area contributed by atoms with Gasteiger partial charge in [0.1, 0.15) is 5.01 Å². The van der Waals surface area contributed by atoms with Gasteiger partial charge in [-0.1, -0.05) is 32.1 Å². The monoisotopic (exact) mass is 269 g/mol. The Kier molecular flexibility index (Phi) is 3.85. The first kappa shape index (κ1) is 13.3. The van der Waals surface area contributed by atoms with E-state index in [2.05, 4.69) is 35.9 Å². The van der Waals surface area contributed by atoms with Crippen molar-refractivity contribution in [3.05, 3.63) is 5.01 Å². The molecule has 2 atom stereocenters. The molecule has 0 amide bonds. The Bertz CT molecular complexity index is 433. The summed E-state index contributed by atoms with van der Waals surface area (Å²) in [5.74, 6) is -0.250. The second-order valence-corrected chi connectivity index (χ2v) is 6.35. The SMILES string of the molecule is CC1CC(C(=O)O)CN(c2nnc(C(C)C)s2)C1. The van der Waals surface area contributed by atoms with Crippen LogP contribution in [0.15, 0.2) is 0 Å². The fraction of sp³-hybridized carbons (Fsp3) is 0.750. The van der Waals surface area contributed by atoms with Gasteiger partial charge in [0.05, 0.1) is 5.92 Å². The van der Waals surface area contributed by atoms with Crippen LogP contribution in [0.4, 0.5) is 5.13 Å². The van der Waals surface area contributed by atoms with Crippen LogP contribution < -0.4 is 4.90 Å². The summed E-state index contributed by atoms with van der Waals surface area (Å²) < 4.78 is 0. The van der Waals surface area contributed by atoms with E-state index in [4.69, 9.17) is 5.11 Å². The van der Waals surface area contributed by atoms with Gasteiger partial charge in [-0.3, -0.25) is 4.79 Å². The van der Waals surface area contributed by atoms with Crippen molar-refractivity contribution in [1.82, 2.24) is 10.2 Å². The standard InChI is InChI=1S/C12H19N3O2S/c1-7(2)10-13-14-12(18-10)15-5-8(3)4-9(6-15)11(16)17/h7-9H,4-6H2,1-3H3,(H,16,17). The molecule has 1 fully saturated rings. The molecule has 0 aromatic carbocycles. The van der Waals surface area contributed by atoms with Crippen LogP contribution in [0.25, 0.3) is 0 Å². The van der Waals surface area contributed by atoms with Crippen LogP contribution in [0.1, 0.15) is 38.1 Å². The molecule has 5 nitrogen and oxygen atoms in total. The van der Waals surface area contributed by atoms with Crippen molar-refractivity contribution in [2.75, 3.05) is 18.0 Å². The lowest BCUT2D eigenvalue weighted by atomic mass is 9.91. The summed E-state index contributed by atoms with van der Waals surface area (Å²) in [5.41, 5.74) is 0. The molecular formula is C12H19N3O2S. The van der Waals surface area contributed by atoms with Gasteiger partial charge in [-0.15, -0.1) is 10.2 Å². The summed E-state index contributed by atoms with van der Waals surface area (Å²) in [6, 6.07) is 0. The van der Waals surface area contributed by atoms with Gasteiger partial charge >= 0.3 is 5.97 Å². The summed E-state index contributed by atoms with van der Waals surface area (Å²) in [5, 5.41) is 19.4. The summed E-state index contributed by atoms with van der Waals surface area (Å²) in [4.78, 5) is 13.2. The molecule has 1 aromatic rings. The molecular weight excluding hydrogens is 250 g/mol. The lowest BCUT2D eigenvalue weighted by molar-refractivity contribution is -0.142. The molecule has 1 aliphatic heterocycles. The number of carboxylic acid groups (broad SMARTS) is 1. The van der Waals surface area contributed by atoms with Gasteiger partial charge in [0.25, 0.3) is 0 Å². The van der Waals surface area contributed by atoms with Gasteiger partial charge in [-0.05, 0) is 12.3 Å². The van der Waals surface area contributed by atoms with Crippen LogP contribution in [-0.4, -0.2) is 34.4 Å². The molecule has 0 aliphatic carbocycles. The van der Waals surface area contributed by atoms with E-state index < -0.39 is 5.97 Å². The van der Waals surface area contributed by atoms with Crippen molar-refractivity contribution in [2.45, 2.75) is 33.1 Å². The number of carboxylic acids is 1. The maximum atomic E-state index is 11.1. The number of aliphatic carboxylic acids is 1. The van der Waals surface area contributed by atoms with E-state index >= 15 is 0 Å². The third-order valence-corrected chi connectivity index (χ3v) is 4.49. The molecule has 0 saturated carbocycles. The van der Waals surface area contributed by atoms with E-state index in [1.807, 2.05) is 0 Å². The van der Waals surface area contributed by atoms with Crippen molar-refractivity contribution in [1.29, 1.82) is 0 Å². The van der Waals surface area contributed by atoms with E-state index in [9.17, 15) is 4.79 Å². The molecule has 100 valence electrons. The maximum Gasteiger partial charge on any atom is 0.308 e. The molecule has 2 heterocycles. The van der Waals surface area contributed by atoms with Crippen molar-refractivity contribution in [3.63, 3.8) is 0 Å². The highest BCUT2D eigenvalue weighted by Gasteiger charge is 2.31. The highest BCUT2D eigenvalue weighted by atomic mass is 32.1. The fourth-order valence-electron chi connectivity index (χ4n) is 2.27. The quantitative estimate of drug-likeness (QED) is 0.911. The number of aromatic nitrogens is 2. The van der Waals surface area contributed by atoms with Crippen LogP contribution in [0.2, 0.25) is 0 Å². The molecule has 1 aliphatic rings. The number of hydrogen-bond donors (Lipinski definition) is 1. The molecule has 0 bridgehead atoms. The minimum atomic E-state index is -0.708. The summed E-state index contributed by atoms with van der Waals surface area (Å²) in [6.45, 7) is 7.68. The molecule has 0 radical (unpaired) electrons. The minimum absolute atomic E-state index is 0.292. The average molecular weight is 269 g/mol. The number of anilines is 1. The Balaban J connectivity index is 2.13. The lowest BCUT2D eigenvalue weighted by Crippen LogP contribution is -2.42. The first-order valence-corrected chi connectivity index (χ1v) is 7.10. The zero-order valence-electron chi connectivity index (χ0n) is 11.0. The van der Waals surface area contributed by atoms with E-state index in [-0.39, 0.29) is 5.92 Å². The van der Waals surface area contributed by atoms with Crippen LogP contribution in [0, 0.1) is 11.8 Å². The van der Waals surface area contributed by atoms with Gasteiger partial charge in [0.15, 0.2) is 0 Å². The van der Waals surface area contributed by atoms with Crippen LogP contribution in [-0.2, 0) is 4.79 Å². The third-order valence-electron chi connectivity index (χ3n) is 3.20. The lowest BCUT2D eigenvalue weighted by Gasteiger charge is -2.34. The normalized spacial score (nSPS) is 24.6. The van der Waals surface area contributed by atoms with Gasteiger partial charge in [0, 0.05) is 19.0 Å². The van der Waals surface area contributed by atoms with Crippen molar-refractivity contribution >= 4 is 22.4 Å². The molecule has 2 unspecified atom stereocenters. The Labute approximate surface area is 111 Å². The van der Waals surface area contributed by atoms with Gasteiger partial charge in [0.2, 0.25) is 5.13 Å². The Morgan fingerprint density at radius 2 is 2.17 bits per heavy atom. The highest BCUT2D eigenvalue weighted by molar-refractivity contribution is 7.15. The van der Waals surface area contributed by atoms with Gasteiger partial charge < -0.3 is 10.0 Å².